The minimum absolute atomic E-state index is 0.0393. The van der Waals surface area contributed by atoms with Crippen LogP contribution in [0, 0.1) is 0 Å². The summed E-state index contributed by atoms with van der Waals surface area (Å²) in [4.78, 5) is 5.69. The molecule has 1 aromatic rings. The van der Waals surface area contributed by atoms with E-state index in [1.807, 2.05) is 0 Å². The van der Waals surface area contributed by atoms with E-state index in [1.165, 1.54) is 12.3 Å². The number of nitrogens with zero attached hydrogens (tertiary/aromatic N) is 2. The molecule has 0 unspecified atom stereocenters. The predicted octanol–water partition coefficient (Wildman–Crippen LogP) is 1.59. The summed E-state index contributed by atoms with van der Waals surface area (Å²) in [5.74, 6) is -2.23. The number of rotatable bonds is 4. The molecule has 1 aromatic heterocycles. The Bertz CT molecular complexity index is 309. The lowest BCUT2D eigenvalue weighted by Crippen LogP contribution is -2.19. The van der Waals surface area contributed by atoms with Crippen molar-refractivity contribution in [2.24, 2.45) is 5.73 Å². The Morgan fingerprint density at radius 2 is 2.07 bits per heavy atom. The highest BCUT2D eigenvalue weighted by molar-refractivity contribution is 5.38. The highest BCUT2D eigenvalue weighted by Crippen LogP contribution is 2.30. The van der Waals surface area contributed by atoms with Gasteiger partial charge in [0.05, 0.1) is 0 Å². The quantitative estimate of drug-likeness (QED) is 0.829. The molecule has 5 heteroatoms. The van der Waals surface area contributed by atoms with Crippen molar-refractivity contribution < 1.29 is 8.78 Å². The standard InChI is InChI=1S/C10H15F2N3/c1-15(2)9-4-3-8(7-14-9)10(11,12)5-6-13/h3-4,7H,5-6,13H2,1-2H3. The largest absolute Gasteiger partial charge is 0.363 e. The molecule has 0 saturated heterocycles. The topological polar surface area (TPSA) is 42.1 Å². The van der Waals surface area contributed by atoms with E-state index in [0.29, 0.717) is 5.82 Å². The summed E-state index contributed by atoms with van der Waals surface area (Å²) >= 11 is 0. The van der Waals surface area contributed by atoms with Crippen molar-refractivity contribution in [3.8, 4) is 0 Å². The molecule has 0 bridgehead atoms. The van der Waals surface area contributed by atoms with E-state index in [-0.39, 0.29) is 18.5 Å². The van der Waals surface area contributed by atoms with Gasteiger partial charge in [-0.2, -0.15) is 0 Å². The summed E-state index contributed by atoms with van der Waals surface area (Å²) in [6.45, 7) is -0.0393. The number of aromatic nitrogens is 1. The van der Waals surface area contributed by atoms with Crippen LogP contribution in [0.4, 0.5) is 14.6 Å². The highest BCUT2D eigenvalue weighted by Gasteiger charge is 2.30. The van der Waals surface area contributed by atoms with Crippen molar-refractivity contribution in [2.75, 3.05) is 25.5 Å². The van der Waals surface area contributed by atoms with Crippen molar-refractivity contribution in [2.45, 2.75) is 12.3 Å². The number of pyridine rings is 1. The molecule has 84 valence electrons. The van der Waals surface area contributed by atoms with Gasteiger partial charge in [0.2, 0.25) is 0 Å². The SMILES string of the molecule is CN(C)c1ccc(C(F)(F)CCN)cn1. The van der Waals surface area contributed by atoms with Gasteiger partial charge in [0.25, 0.3) is 5.92 Å². The summed E-state index contributed by atoms with van der Waals surface area (Å²) in [5, 5.41) is 0. The van der Waals surface area contributed by atoms with E-state index in [9.17, 15) is 8.78 Å². The van der Waals surface area contributed by atoms with Crippen LogP contribution >= 0.6 is 0 Å². The highest BCUT2D eigenvalue weighted by atomic mass is 19.3. The fourth-order valence-corrected chi connectivity index (χ4v) is 1.19. The molecule has 1 heterocycles. The third kappa shape index (κ3) is 2.86. The van der Waals surface area contributed by atoms with E-state index in [4.69, 9.17) is 5.73 Å². The minimum Gasteiger partial charge on any atom is -0.363 e. The summed E-state index contributed by atoms with van der Waals surface area (Å²) < 4.78 is 26.7. The molecule has 0 spiro atoms. The maximum Gasteiger partial charge on any atom is 0.275 e. The second-order valence-corrected chi connectivity index (χ2v) is 3.54. The van der Waals surface area contributed by atoms with E-state index >= 15 is 0 Å². The van der Waals surface area contributed by atoms with Crippen molar-refractivity contribution in [3.05, 3.63) is 23.9 Å². The molecular formula is C10H15F2N3. The summed E-state index contributed by atoms with van der Waals surface area (Å²) in [6.07, 6.45) is 0.848. The first kappa shape index (κ1) is 11.8. The molecule has 0 saturated carbocycles. The third-order valence-electron chi connectivity index (χ3n) is 2.09. The average molecular weight is 215 g/mol. The molecule has 1 rings (SSSR count). The summed E-state index contributed by atoms with van der Waals surface area (Å²) in [6, 6.07) is 2.96. The van der Waals surface area contributed by atoms with E-state index in [1.54, 1.807) is 25.1 Å². The van der Waals surface area contributed by atoms with Crippen LogP contribution in [0.1, 0.15) is 12.0 Å². The average Bonchev–Trinajstić information content (AvgIpc) is 2.18. The van der Waals surface area contributed by atoms with Gasteiger partial charge in [0.15, 0.2) is 0 Å². The van der Waals surface area contributed by atoms with Gasteiger partial charge in [-0.25, -0.2) is 13.8 Å². The lowest BCUT2D eigenvalue weighted by atomic mass is 10.1. The fraction of sp³-hybridized carbons (Fsp3) is 0.500. The van der Waals surface area contributed by atoms with Crippen LogP contribution < -0.4 is 10.6 Å². The molecule has 0 aliphatic carbocycles. The zero-order valence-corrected chi connectivity index (χ0v) is 8.87. The van der Waals surface area contributed by atoms with Gasteiger partial charge in [-0.15, -0.1) is 0 Å². The molecule has 3 nitrogen and oxygen atoms in total. The van der Waals surface area contributed by atoms with Gasteiger partial charge < -0.3 is 10.6 Å². The van der Waals surface area contributed by atoms with Crippen LogP contribution in [0.15, 0.2) is 18.3 Å². The Labute approximate surface area is 87.9 Å². The number of hydrogen-bond donors (Lipinski definition) is 1. The zero-order chi connectivity index (χ0) is 11.5. The lowest BCUT2D eigenvalue weighted by Gasteiger charge is -2.17. The van der Waals surface area contributed by atoms with E-state index < -0.39 is 5.92 Å². The van der Waals surface area contributed by atoms with Crippen LogP contribution in [0.2, 0.25) is 0 Å². The van der Waals surface area contributed by atoms with Crippen molar-refractivity contribution >= 4 is 5.82 Å². The smallest absolute Gasteiger partial charge is 0.275 e. The minimum atomic E-state index is -2.88. The number of alkyl halides is 2. The molecular weight excluding hydrogens is 200 g/mol. The molecule has 0 fully saturated rings. The van der Waals surface area contributed by atoms with Gasteiger partial charge in [0.1, 0.15) is 5.82 Å². The van der Waals surface area contributed by atoms with Gasteiger partial charge in [-0.05, 0) is 18.7 Å². The normalized spacial score (nSPS) is 11.5. The summed E-state index contributed by atoms with van der Waals surface area (Å²) in [7, 11) is 3.61. The van der Waals surface area contributed by atoms with Gasteiger partial charge >= 0.3 is 0 Å². The molecule has 2 N–H and O–H groups in total. The summed E-state index contributed by atoms with van der Waals surface area (Å²) in [5.41, 5.74) is 5.04. The Hall–Kier alpha value is -1.23. The van der Waals surface area contributed by atoms with Crippen molar-refractivity contribution in [1.82, 2.24) is 4.98 Å². The zero-order valence-electron chi connectivity index (χ0n) is 8.87. The first-order valence-electron chi connectivity index (χ1n) is 4.69. The van der Waals surface area contributed by atoms with Crippen molar-refractivity contribution in [1.29, 1.82) is 0 Å². The monoisotopic (exact) mass is 215 g/mol. The lowest BCUT2D eigenvalue weighted by molar-refractivity contribution is -0.0110. The molecule has 0 radical (unpaired) electrons. The predicted molar refractivity (Wildman–Crippen MR) is 56.1 cm³/mol. The maximum atomic E-state index is 13.4. The van der Waals surface area contributed by atoms with Gasteiger partial charge in [0, 0.05) is 32.3 Å². The van der Waals surface area contributed by atoms with E-state index in [2.05, 4.69) is 4.98 Å². The first-order chi connectivity index (χ1) is 6.97. The Kier molecular flexibility index (Phi) is 3.57. The maximum absolute atomic E-state index is 13.4. The van der Waals surface area contributed by atoms with Gasteiger partial charge in [-0.3, -0.25) is 0 Å². The van der Waals surface area contributed by atoms with Crippen LogP contribution in [-0.2, 0) is 5.92 Å². The van der Waals surface area contributed by atoms with Crippen molar-refractivity contribution in [3.63, 3.8) is 0 Å². The Balaban J connectivity index is 2.88. The van der Waals surface area contributed by atoms with Crippen LogP contribution in [0.3, 0.4) is 0 Å². The number of nitrogens with two attached hydrogens (primary N) is 1. The first-order valence-corrected chi connectivity index (χ1v) is 4.69. The second-order valence-electron chi connectivity index (χ2n) is 3.54. The van der Waals surface area contributed by atoms with E-state index in [0.717, 1.165) is 0 Å². The molecule has 0 aliphatic heterocycles. The molecule has 0 amide bonds. The molecule has 15 heavy (non-hydrogen) atoms. The number of anilines is 1. The second kappa shape index (κ2) is 4.53. The Morgan fingerprint density at radius 1 is 1.40 bits per heavy atom. The molecule has 0 atom stereocenters. The Morgan fingerprint density at radius 3 is 2.47 bits per heavy atom. The van der Waals surface area contributed by atoms with Gasteiger partial charge in [-0.1, -0.05) is 0 Å². The third-order valence-corrected chi connectivity index (χ3v) is 2.09. The fourth-order valence-electron chi connectivity index (χ4n) is 1.19. The molecule has 0 aromatic carbocycles. The number of halogens is 2. The van der Waals surface area contributed by atoms with Crippen LogP contribution in [0.25, 0.3) is 0 Å². The molecule has 0 aliphatic rings. The van der Waals surface area contributed by atoms with Crippen LogP contribution in [0.5, 0.6) is 0 Å². The van der Waals surface area contributed by atoms with Crippen LogP contribution in [-0.4, -0.2) is 25.6 Å². The number of hydrogen-bond acceptors (Lipinski definition) is 3.